The zero-order valence-electron chi connectivity index (χ0n) is 12.5. The van der Waals surface area contributed by atoms with E-state index >= 15 is 0 Å². The van der Waals surface area contributed by atoms with Gasteiger partial charge in [-0.2, -0.15) is 0 Å². The summed E-state index contributed by atoms with van der Waals surface area (Å²) in [5.74, 6) is -1.95. The maximum Gasteiger partial charge on any atom is 0.272 e. The number of nitrogens with zero attached hydrogens (tertiary/aromatic N) is 2. The molecular weight excluding hydrogens is 320 g/mol. The van der Waals surface area contributed by atoms with Gasteiger partial charge < -0.3 is 4.98 Å². The van der Waals surface area contributed by atoms with Crippen molar-refractivity contribution in [3.8, 4) is 0 Å². The fourth-order valence-corrected chi connectivity index (χ4v) is 2.49. The number of aromatic nitrogens is 2. The normalized spacial score (nSPS) is 11.0. The number of aromatic amines is 1. The molecule has 6 nitrogen and oxygen atoms in total. The summed E-state index contributed by atoms with van der Waals surface area (Å²) in [6.45, 7) is 1.61. The lowest BCUT2D eigenvalue weighted by molar-refractivity contribution is -0.385. The number of aryl methyl sites for hydroxylation is 1. The minimum Gasteiger partial charge on any atom is -0.310 e. The summed E-state index contributed by atoms with van der Waals surface area (Å²) < 4.78 is 26.5. The summed E-state index contributed by atoms with van der Waals surface area (Å²) in [5, 5.41) is 10.8. The standard InChI is InChI=1S/C16H11F2N3O3/c1-8-4-9(2-3-14(8)21(23)24)5-15-19-13-7-12(18)11(17)6-10(13)16(22)20-15/h2-4,6-7H,5H2,1H3,(H,19,20,22). The average molecular weight is 331 g/mol. The zero-order chi connectivity index (χ0) is 17.4. The third-order valence-corrected chi connectivity index (χ3v) is 3.63. The molecule has 3 rings (SSSR count). The van der Waals surface area contributed by atoms with Crippen molar-refractivity contribution in [2.45, 2.75) is 13.3 Å². The van der Waals surface area contributed by atoms with Crippen LogP contribution in [0.15, 0.2) is 35.1 Å². The molecule has 0 aliphatic heterocycles. The molecule has 0 radical (unpaired) electrons. The molecule has 3 aromatic rings. The van der Waals surface area contributed by atoms with Gasteiger partial charge in [0, 0.05) is 24.1 Å². The van der Waals surface area contributed by atoms with Crippen LogP contribution in [-0.4, -0.2) is 14.9 Å². The molecule has 0 unspecified atom stereocenters. The van der Waals surface area contributed by atoms with Gasteiger partial charge in [0.2, 0.25) is 0 Å². The first-order chi connectivity index (χ1) is 11.3. The van der Waals surface area contributed by atoms with Gasteiger partial charge in [-0.15, -0.1) is 0 Å². The Bertz CT molecular complexity index is 1030. The highest BCUT2D eigenvalue weighted by Crippen LogP contribution is 2.20. The second-order valence-corrected chi connectivity index (χ2v) is 5.35. The van der Waals surface area contributed by atoms with Crippen LogP contribution in [0, 0.1) is 28.7 Å². The van der Waals surface area contributed by atoms with Gasteiger partial charge in [0.1, 0.15) is 5.82 Å². The third-order valence-electron chi connectivity index (χ3n) is 3.63. The van der Waals surface area contributed by atoms with Gasteiger partial charge >= 0.3 is 0 Å². The molecule has 0 aliphatic rings. The molecule has 0 saturated carbocycles. The van der Waals surface area contributed by atoms with Crippen molar-refractivity contribution < 1.29 is 13.7 Å². The summed E-state index contributed by atoms with van der Waals surface area (Å²) >= 11 is 0. The van der Waals surface area contributed by atoms with Crippen molar-refractivity contribution >= 4 is 16.6 Å². The van der Waals surface area contributed by atoms with Gasteiger partial charge in [-0.3, -0.25) is 14.9 Å². The first-order valence-corrected chi connectivity index (χ1v) is 6.97. The molecule has 0 atom stereocenters. The number of nitro benzene ring substituents is 1. The van der Waals surface area contributed by atoms with Crippen LogP contribution in [0.2, 0.25) is 0 Å². The fraction of sp³-hybridized carbons (Fsp3) is 0.125. The third kappa shape index (κ3) is 2.85. The molecule has 122 valence electrons. The van der Waals surface area contributed by atoms with Crippen LogP contribution in [0.3, 0.4) is 0 Å². The molecular formula is C16H11F2N3O3. The fourth-order valence-electron chi connectivity index (χ4n) is 2.49. The Balaban J connectivity index is 2.01. The smallest absolute Gasteiger partial charge is 0.272 e. The molecule has 0 spiro atoms. The van der Waals surface area contributed by atoms with Crippen LogP contribution in [0.4, 0.5) is 14.5 Å². The maximum atomic E-state index is 13.3. The maximum absolute atomic E-state index is 13.3. The van der Waals surface area contributed by atoms with E-state index in [1.807, 2.05) is 0 Å². The summed E-state index contributed by atoms with van der Waals surface area (Å²) in [6, 6.07) is 6.22. The Labute approximate surface area is 133 Å². The largest absolute Gasteiger partial charge is 0.310 e. The molecule has 0 fully saturated rings. The Morgan fingerprint density at radius 1 is 1.21 bits per heavy atom. The van der Waals surface area contributed by atoms with Gasteiger partial charge in [0.25, 0.3) is 11.2 Å². The lowest BCUT2D eigenvalue weighted by Crippen LogP contribution is -2.13. The van der Waals surface area contributed by atoms with Crippen molar-refractivity contribution in [1.82, 2.24) is 9.97 Å². The molecule has 1 heterocycles. The molecule has 0 saturated heterocycles. The average Bonchev–Trinajstić information content (AvgIpc) is 2.49. The van der Waals surface area contributed by atoms with E-state index in [1.165, 1.54) is 6.07 Å². The highest BCUT2D eigenvalue weighted by Gasteiger charge is 2.13. The SMILES string of the molecule is Cc1cc(Cc2nc3cc(F)c(F)cc3c(=O)[nH]2)ccc1[N+](=O)[O-]. The van der Waals surface area contributed by atoms with Gasteiger partial charge in [-0.25, -0.2) is 13.8 Å². The molecule has 8 heteroatoms. The molecule has 0 aliphatic carbocycles. The number of hydrogen-bond donors (Lipinski definition) is 1. The van der Waals surface area contributed by atoms with E-state index < -0.39 is 22.1 Å². The second kappa shape index (κ2) is 5.80. The van der Waals surface area contributed by atoms with E-state index in [4.69, 9.17) is 0 Å². The molecule has 0 amide bonds. The van der Waals surface area contributed by atoms with E-state index in [0.29, 0.717) is 11.1 Å². The molecule has 2 aromatic carbocycles. The van der Waals surface area contributed by atoms with E-state index in [1.54, 1.807) is 19.1 Å². The molecule has 1 aromatic heterocycles. The van der Waals surface area contributed by atoms with Crippen molar-refractivity contribution in [3.63, 3.8) is 0 Å². The summed E-state index contributed by atoms with van der Waals surface area (Å²) in [5.41, 5.74) is 0.645. The van der Waals surface area contributed by atoms with Crippen molar-refractivity contribution in [2.24, 2.45) is 0 Å². The van der Waals surface area contributed by atoms with E-state index in [9.17, 15) is 23.7 Å². The van der Waals surface area contributed by atoms with E-state index in [2.05, 4.69) is 9.97 Å². The second-order valence-electron chi connectivity index (χ2n) is 5.35. The van der Waals surface area contributed by atoms with Crippen LogP contribution in [-0.2, 0) is 6.42 Å². The highest BCUT2D eigenvalue weighted by molar-refractivity contribution is 5.77. The monoisotopic (exact) mass is 331 g/mol. The number of halogens is 2. The Morgan fingerprint density at radius 2 is 1.92 bits per heavy atom. The number of fused-ring (bicyclic) bond motifs is 1. The summed E-state index contributed by atoms with van der Waals surface area (Å²) in [4.78, 5) is 29.0. The van der Waals surface area contributed by atoms with Crippen LogP contribution in [0.1, 0.15) is 17.0 Å². The van der Waals surface area contributed by atoms with Crippen LogP contribution < -0.4 is 5.56 Å². The van der Waals surface area contributed by atoms with Gasteiger partial charge in [-0.05, 0) is 24.6 Å². The predicted molar refractivity (Wildman–Crippen MR) is 82.9 cm³/mol. The lowest BCUT2D eigenvalue weighted by Gasteiger charge is -2.05. The Hall–Kier alpha value is -3.16. The molecule has 0 bridgehead atoms. The Morgan fingerprint density at radius 3 is 2.58 bits per heavy atom. The number of nitrogens with one attached hydrogen (secondary N) is 1. The van der Waals surface area contributed by atoms with E-state index in [0.717, 1.165) is 12.1 Å². The van der Waals surface area contributed by atoms with Crippen molar-refractivity contribution in [3.05, 3.63) is 79.4 Å². The Kier molecular flexibility index (Phi) is 3.80. The van der Waals surface area contributed by atoms with E-state index in [-0.39, 0.29) is 28.8 Å². The van der Waals surface area contributed by atoms with Gasteiger partial charge in [0.15, 0.2) is 11.6 Å². The van der Waals surface area contributed by atoms with Gasteiger partial charge in [0.05, 0.1) is 15.8 Å². The number of hydrogen-bond acceptors (Lipinski definition) is 4. The quantitative estimate of drug-likeness (QED) is 0.590. The number of H-pyrrole nitrogens is 1. The minimum atomic E-state index is -1.12. The highest BCUT2D eigenvalue weighted by atomic mass is 19.2. The topological polar surface area (TPSA) is 88.9 Å². The van der Waals surface area contributed by atoms with Crippen molar-refractivity contribution in [1.29, 1.82) is 0 Å². The first kappa shape index (κ1) is 15.7. The number of nitro groups is 1. The van der Waals surface area contributed by atoms with Gasteiger partial charge in [-0.1, -0.05) is 6.07 Å². The predicted octanol–water partition coefficient (Wildman–Crippen LogP) is 3.01. The van der Waals surface area contributed by atoms with Crippen LogP contribution in [0.5, 0.6) is 0 Å². The van der Waals surface area contributed by atoms with Crippen molar-refractivity contribution in [2.75, 3.05) is 0 Å². The number of rotatable bonds is 3. The molecule has 24 heavy (non-hydrogen) atoms. The summed E-state index contributed by atoms with van der Waals surface area (Å²) in [7, 11) is 0. The zero-order valence-corrected chi connectivity index (χ0v) is 12.5. The summed E-state index contributed by atoms with van der Waals surface area (Å²) in [6.07, 6.45) is 0.197. The minimum absolute atomic E-state index is 0.00346. The van der Waals surface area contributed by atoms with Crippen LogP contribution in [0.25, 0.3) is 10.9 Å². The first-order valence-electron chi connectivity index (χ1n) is 6.97. The molecule has 1 N–H and O–H groups in total. The van der Waals surface area contributed by atoms with Crippen LogP contribution >= 0.6 is 0 Å². The lowest BCUT2D eigenvalue weighted by atomic mass is 10.1. The number of benzene rings is 2.